The summed E-state index contributed by atoms with van der Waals surface area (Å²) in [5, 5.41) is 21.7. The molecule has 0 aliphatic carbocycles. The molecule has 16 heteroatoms. The van der Waals surface area contributed by atoms with Crippen LogP contribution in [-0.2, 0) is 14.1 Å². The fraction of sp³-hybridized carbons (Fsp3) is 0.250. The van der Waals surface area contributed by atoms with Gasteiger partial charge in [0.2, 0.25) is 23.4 Å². The van der Waals surface area contributed by atoms with E-state index in [1.165, 1.54) is 9.36 Å². The van der Waals surface area contributed by atoms with Gasteiger partial charge in [-0.2, -0.15) is 20.2 Å². The highest BCUT2D eigenvalue weighted by molar-refractivity contribution is 5.93. The Bertz CT molecular complexity index is 1980. The van der Waals surface area contributed by atoms with Gasteiger partial charge in [-0.1, -0.05) is 34.6 Å². The van der Waals surface area contributed by atoms with E-state index in [1.807, 2.05) is 36.4 Å². The summed E-state index contributed by atoms with van der Waals surface area (Å²) in [6.07, 6.45) is 3.18. The minimum atomic E-state index is -0.205. The molecule has 2 N–H and O–H groups in total. The first-order valence-corrected chi connectivity index (χ1v) is 15.0. The van der Waals surface area contributed by atoms with Gasteiger partial charge in [-0.3, -0.25) is 19.0 Å². The van der Waals surface area contributed by atoms with Crippen LogP contribution in [0.25, 0.3) is 22.8 Å². The Labute approximate surface area is 273 Å². The van der Waals surface area contributed by atoms with Gasteiger partial charge in [-0.05, 0) is 24.3 Å². The zero-order valence-electron chi connectivity index (χ0n) is 26.4. The summed E-state index contributed by atoms with van der Waals surface area (Å²) in [5.74, 6) is 3.10. The predicted molar refractivity (Wildman–Crippen MR) is 167 cm³/mol. The summed E-state index contributed by atoms with van der Waals surface area (Å²) < 4.78 is 24.5. The molecule has 6 heterocycles. The van der Waals surface area contributed by atoms with Crippen molar-refractivity contribution in [2.45, 2.75) is 25.9 Å². The summed E-state index contributed by atoms with van der Waals surface area (Å²) in [5.41, 5.74) is 4.47. The Morgan fingerprint density at radius 3 is 1.48 bits per heavy atom. The number of hydrogen-bond donors (Lipinski definition) is 2. The zero-order valence-corrected chi connectivity index (χ0v) is 26.4. The molecule has 0 saturated carbocycles. The molecule has 0 fully saturated rings. The largest absolute Gasteiger partial charge is 0.491 e. The van der Waals surface area contributed by atoms with Crippen molar-refractivity contribution in [2.24, 2.45) is 14.1 Å². The van der Waals surface area contributed by atoms with Gasteiger partial charge in [0.1, 0.15) is 36.1 Å². The maximum atomic E-state index is 12.3. The van der Waals surface area contributed by atoms with E-state index < -0.39 is 0 Å². The minimum Gasteiger partial charge on any atom is -0.491 e. The van der Waals surface area contributed by atoms with Crippen LogP contribution >= 0.6 is 0 Å². The van der Waals surface area contributed by atoms with E-state index in [0.29, 0.717) is 59.5 Å². The van der Waals surface area contributed by atoms with Crippen molar-refractivity contribution in [3.63, 3.8) is 0 Å². The Hall–Kier alpha value is -6.32. The second-order valence-electron chi connectivity index (χ2n) is 11.1. The van der Waals surface area contributed by atoms with Gasteiger partial charge < -0.3 is 29.2 Å². The first-order valence-electron chi connectivity index (χ1n) is 15.0. The summed E-state index contributed by atoms with van der Waals surface area (Å²) in [6, 6.07) is 14.3. The highest BCUT2D eigenvalue weighted by atomic mass is 16.5. The maximum absolute atomic E-state index is 12.3. The minimum absolute atomic E-state index is 0.186. The van der Waals surface area contributed by atoms with Crippen molar-refractivity contribution in [1.29, 1.82) is 0 Å². The Morgan fingerprint density at radius 2 is 1.12 bits per heavy atom. The van der Waals surface area contributed by atoms with Gasteiger partial charge in [0.25, 0.3) is 11.8 Å². The molecular formula is C32H30N10O6. The van der Waals surface area contributed by atoms with Crippen LogP contribution in [0.15, 0.2) is 70.0 Å². The number of ether oxygens (including phenoxy) is 2. The summed E-state index contributed by atoms with van der Waals surface area (Å²) in [4.78, 5) is 33.1. The monoisotopic (exact) mass is 650 g/mol. The molecule has 0 radical (unpaired) electrons. The average molecular weight is 651 g/mol. The quantitative estimate of drug-likeness (QED) is 0.268. The first-order chi connectivity index (χ1) is 23.2. The lowest BCUT2D eigenvalue weighted by Crippen LogP contribution is -2.30. The van der Waals surface area contributed by atoms with E-state index in [9.17, 15) is 9.59 Å². The third-order valence-corrected chi connectivity index (χ3v) is 7.88. The molecule has 8 rings (SSSR count). The highest BCUT2D eigenvalue weighted by Crippen LogP contribution is 2.36. The molecule has 2 aromatic carbocycles. The van der Waals surface area contributed by atoms with E-state index in [4.69, 9.17) is 18.5 Å². The number of carbonyl (C=O) groups is 2. The SMILES string of the molecule is Cc1nc(-c2ccc3c(c2)OCC3NC(=O)c2ccnn2C)no1.Cc1nc(-c2ccc3c(c2)OC[C@H]3NC(=O)c2ccnn2C)no1. The lowest BCUT2D eigenvalue weighted by atomic mass is 10.1. The van der Waals surface area contributed by atoms with Crippen LogP contribution in [0.3, 0.4) is 0 Å². The highest BCUT2D eigenvalue weighted by Gasteiger charge is 2.29. The van der Waals surface area contributed by atoms with Gasteiger partial charge in [-0.25, -0.2) is 0 Å². The van der Waals surface area contributed by atoms with E-state index >= 15 is 0 Å². The number of carbonyl (C=O) groups excluding carboxylic acids is 2. The number of benzene rings is 2. The standard InChI is InChI=1S/2C16H15N5O3/c2*1-9-18-15(20-24-9)10-3-4-11-12(8-23-14(11)7-10)19-16(22)13-5-6-17-21(13)2/h2*3-7,12H,8H2,1-2H3,(H,19,22)/t12-;/m1./s1. The maximum Gasteiger partial charge on any atom is 0.270 e. The molecule has 16 nitrogen and oxygen atoms in total. The van der Waals surface area contributed by atoms with Gasteiger partial charge >= 0.3 is 0 Å². The van der Waals surface area contributed by atoms with E-state index in [0.717, 1.165) is 22.3 Å². The number of aromatic nitrogens is 8. The molecule has 48 heavy (non-hydrogen) atoms. The van der Waals surface area contributed by atoms with Crippen LogP contribution in [0, 0.1) is 13.8 Å². The Balaban J connectivity index is 0.000000152. The zero-order chi connectivity index (χ0) is 33.4. The van der Waals surface area contributed by atoms with Gasteiger partial charge in [0, 0.05) is 62.6 Å². The molecule has 244 valence electrons. The molecule has 2 aliphatic heterocycles. The van der Waals surface area contributed by atoms with Crippen LogP contribution in [0.1, 0.15) is 56.0 Å². The number of fused-ring (bicyclic) bond motifs is 2. The molecule has 4 aromatic heterocycles. The number of hydrogen-bond acceptors (Lipinski definition) is 12. The topological polar surface area (TPSA) is 190 Å². The predicted octanol–water partition coefficient (Wildman–Crippen LogP) is 3.28. The molecule has 6 aromatic rings. The van der Waals surface area contributed by atoms with Crippen LogP contribution in [-0.4, -0.2) is 64.9 Å². The second-order valence-corrected chi connectivity index (χ2v) is 11.1. The smallest absolute Gasteiger partial charge is 0.270 e. The van der Waals surface area contributed by atoms with E-state index in [2.05, 4.69) is 41.1 Å². The molecular weight excluding hydrogens is 620 g/mol. The first kappa shape index (κ1) is 30.3. The molecule has 0 saturated heterocycles. The van der Waals surface area contributed by atoms with Gasteiger partial charge in [0.15, 0.2) is 0 Å². The fourth-order valence-electron chi connectivity index (χ4n) is 5.43. The third-order valence-electron chi connectivity index (χ3n) is 7.88. The van der Waals surface area contributed by atoms with Gasteiger partial charge in [-0.15, -0.1) is 0 Å². The van der Waals surface area contributed by atoms with Crippen LogP contribution in [0.2, 0.25) is 0 Å². The number of nitrogens with zero attached hydrogens (tertiary/aromatic N) is 8. The van der Waals surface area contributed by atoms with Crippen LogP contribution in [0.4, 0.5) is 0 Å². The lowest BCUT2D eigenvalue weighted by Gasteiger charge is -2.11. The second kappa shape index (κ2) is 12.5. The average Bonchev–Trinajstić information content (AvgIpc) is 3.93. The summed E-state index contributed by atoms with van der Waals surface area (Å²) >= 11 is 0. The number of rotatable bonds is 6. The van der Waals surface area contributed by atoms with Gasteiger partial charge in [0.05, 0.1) is 12.1 Å². The molecule has 2 amide bonds. The Morgan fingerprint density at radius 1 is 0.688 bits per heavy atom. The van der Waals surface area contributed by atoms with Crippen molar-refractivity contribution in [3.8, 4) is 34.3 Å². The summed E-state index contributed by atoms with van der Waals surface area (Å²) in [7, 11) is 3.46. The fourth-order valence-corrected chi connectivity index (χ4v) is 5.43. The van der Waals surface area contributed by atoms with Crippen LogP contribution in [0.5, 0.6) is 11.5 Å². The molecule has 0 spiro atoms. The van der Waals surface area contributed by atoms with E-state index in [1.54, 1.807) is 52.5 Å². The number of aryl methyl sites for hydroxylation is 4. The molecule has 1 unspecified atom stereocenters. The van der Waals surface area contributed by atoms with Crippen molar-refractivity contribution in [2.75, 3.05) is 13.2 Å². The summed E-state index contributed by atoms with van der Waals surface area (Å²) in [6.45, 7) is 4.25. The number of amides is 2. The lowest BCUT2D eigenvalue weighted by molar-refractivity contribution is 0.0913. The molecule has 2 atom stereocenters. The Kier molecular flexibility index (Phi) is 7.88. The van der Waals surface area contributed by atoms with Crippen molar-refractivity contribution in [1.82, 2.24) is 50.5 Å². The van der Waals surface area contributed by atoms with Crippen molar-refractivity contribution >= 4 is 11.8 Å². The van der Waals surface area contributed by atoms with E-state index in [-0.39, 0.29) is 23.9 Å². The molecule has 2 aliphatic rings. The third kappa shape index (κ3) is 5.97. The van der Waals surface area contributed by atoms with Crippen LogP contribution < -0.4 is 20.1 Å². The molecule has 0 bridgehead atoms. The normalized spacial score (nSPS) is 15.8. The number of nitrogens with one attached hydrogen (secondary N) is 2. The van der Waals surface area contributed by atoms with Crippen molar-refractivity contribution in [3.05, 3.63) is 95.2 Å². The van der Waals surface area contributed by atoms with Crippen molar-refractivity contribution < 1.29 is 28.1 Å².